The number of rotatable bonds is 10. The smallest absolute Gasteiger partial charge is 0.318 e. The number of amides is 6. The van der Waals surface area contributed by atoms with Crippen LogP contribution < -0.4 is 10.6 Å². The van der Waals surface area contributed by atoms with Gasteiger partial charge in [-0.15, -0.1) is 0 Å². The Morgan fingerprint density at radius 3 is 1.35 bits per heavy atom. The minimum absolute atomic E-state index is 0.00834. The second-order valence-electron chi connectivity index (χ2n) is 17.6. The second-order valence-corrected chi connectivity index (χ2v) is 17.6. The Morgan fingerprint density at radius 1 is 0.567 bits per heavy atom. The molecule has 0 spiro atoms. The first-order valence-electron chi connectivity index (χ1n) is 21.9. The van der Waals surface area contributed by atoms with Crippen LogP contribution in [0.15, 0.2) is 60.7 Å². The number of benzene rings is 3. The number of hydrogen-bond acceptors (Lipinski definition) is 6. The normalized spacial score (nSPS) is 21.0. The van der Waals surface area contributed by atoms with Crippen LogP contribution >= 0.6 is 0 Å². The molecule has 60 heavy (non-hydrogen) atoms. The third-order valence-electron chi connectivity index (χ3n) is 12.9. The van der Waals surface area contributed by atoms with E-state index in [2.05, 4.69) is 69.1 Å². The average molecular weight is 813 g/mol. The Labute approximate surface area is 350 Å². The zero-order valence-corrected chi connectivity index (χ0v) is 35.0. The molecule has 4 atom stereocenters. The number of imidazole rings is 2. The van der Waals surface area contributed by atoms with E-state index in [0.717, 1.165) is 94.5 Å². The van der Waals surface area contributed by atoms with Gasteiger partial charge in [0.1, 0.15) is 23.7 Å². The summed E-state index contributed by atoms with van der Waals surface area (Å²) in [6.07, 6.45) is 5.07. The quantitative estimate of drug-likeness (QED) is 0.119. The minimum Gasteiger partial charge on any atom is -0.340 e. The molecule has 0 aliphatic carbocycles. The van der Waals surface area contributed by atoms with E-state index >= 15 is 0 Å². The summed E-state index contributed by atoms with van der Waals surface area (Å²) in [6, 6.07) is 19.3. The molecule has 2 aromatic heterocycles. The van der Waals surface area contributed by atoms with E-state index in [4.69, 9.17) is 9.97 Å². The lowest BCUT2D eigenvalue weighted by Gasteiger charge is -2.39. The molecule has 6 amide bonds. The predicted octanol–water partition coefficient (Wildman–Crippen LogP) is 6.98. The largest absolute Gasteiger partial charge is 0.340 e. The molecule has 3 aromatic carbocycles. The van der Waals surface area contributed by atoms with Crippen LogP contribution in [-0.2, 0) is 9.59 Å². The summed E-state index contributed by atoms with van der Waals surface area (Å²) >= 11 is 0. The molecule has 0 saturated carbocycles. The van der Waals surface area contributed by atoms with Gasteiger partial charge in [-0.25, -0.2) is 19.6 Å². The number of fused-ring (bicyclic) bond motifs is 2. The fourth-order valence-electron chi connectivity index (χ4n) is 9.94. The van der Waals surface area contributed by atoms with Gasteiger partial charge in [0, 0.05) is 39.3 Å². The summed E-state index contributed by atoms with van der Waals surface area (Å²) < 4.78 is 0. The van der Waals surface area contributed by atoms with E-state index in [1.807, 2.05) is 49.6 Å². The van der Waals surface area contributed by atoms with Crippen LogP contribution in [0.1, 0.15) is 90.0 Å². The van der Waals surface area contributed by atoms with Gasteiger partial charge in [-0.2, -0.15) is 0 Å². The molecule has 0 radical (unpaired) electrons. The molecule has 5 aromatic rings. The fourth-order valence-corrected chi connectivity index (χ4v) is 9.94. The summed E-state index contributed by atoms with van der Waals surface area (Å²) in [5.41, 5.74) is 7.81. The maximum absolute atomic E-state index is 14.1. The van der Waals surface area contributed by atoms with Crippen molar-refractivity contribution in [3.63, 3.8) is 0 Å². The van der Waals surface area contributed by atoms with Crippen molar-refractivity contribution >= 4 is 45.9 Å². The molecule has 6 heterocycles. The maximum Gasteiger partial charge on any atom is 0.318 e. The topological polar surface area (TPSA) is 163 Å². The van der Waals surface area contributed by atoms with Gasteiger partial charge in [0.2, 0.25) is 11.8 Å². The number of carbonyl (C=O) groups is 4. The molecule has 9 rings (SSSR count). The number of hydrogen-bond donors (Lipinski definition) is 4. The Hall–Kier alpha value is -5.92. The lowest BCUT2D eigenvalue weighted by molar-refractivity contribution is -0.139. The van der Waals surface area contributed by atoms with E-state index < -0.39 is 12.1 Å². The highest BCUT2D eigenvalue weighted by Gasteiger charge is 2.43. The number of urea groups is 2. The summed E-state index contributed by atoms with van der Waals surface area (Å²) in [7, 11) is 0. The minimum atomic E-state index is -0.510. The van der Waals surface area contributed by atoms with E-state index in [1.165, 1.54) is 0 Å². The summed E-state index contributed by atoms with van der Waals surface area (Å²) in [6.45, 7) is 11.8. The zero-order valence-electron chi connectivity index (χ0n) is 35.0. The highest BCUT2D eigenvalue weighted by atomic mass is 16.2. The van der Waals surface area contributed by atoms with Crippen LogP contribution in [0, 0.1) is 11.8 Å². The summed E-state index contributed by atoms with van der Waals surface area (Å²) in [5.74, 6) is 1.52. The van der Waals surface area contributed by atoms with Gasteiger partial charge < -0.3 is 40.2 Å². The van der Waals surface area contributed by atoms with Gasteiger partial charge in [0.25, 0.3) is 0 Å². The summed E-state index contributed by atoms with van der Waals surface area (Å²) in [5, 5.41) is 5.82. The van der Waals surface area contributed by atoms with Crippen molar-refractivity contribution in [3.8, 4) is 22.3 Å². The van der Waals surface area contributed by atoms with E-state index in [0.29, 0.717) is 39.3 Å². The number of H-pyrrole nitrogens is 2. The Kier molecular flexibility index (Phi) is 10.7. The van der Waals surface area contributed by atoms with Crippen molar-refractivity contribution in [1.29, 1.82) is 0 Å². The standard InChI is InChI=1S/C46H56N10O4/c1-27(2)39(55-23-7-19-47-45(55)59)43(57)53-21-5-9-37(53)41-49-33-17-15-31(25-35(33)51-41)29-11-13-30(14-12-29)32-16-18-34-36(26-32)52-42(50-34)38-10-6-22-54(38)44(58)40(28(3)4)56-24-8-20-48-46(56)60/h11-18,25-28,37-40H,5-10,19-24H2,1-4H3,(H,47,59)(H,48,60)(H,49,51)(H,50,52)/t37-,38-,39-,40-/m0/s1. The molecule has 4 N–H and O–H groups in total. The molecular formula is C46H56N10O4. The first-order valence-corrected chi connectivity index (χ1v) is 21.9. The lowest BCUT2D eigenvalue weighted by Crippen LogP contribution is -2.58. The SMILES string of the molecule is CC(C)[C@@H](C(=O)N1CCC[C@H]1c1nc2ccc(-c3ccc(-c4ccc5nc([C@@H]6CCCN6C(=O)[C@H](C(C)C)N6CCCNC6=O)[nH]c5c4)cc3)cc2[nH]1)N1CCCNC1=O. The van der Waals surface area contributed by atoms with Gasteiger partial charge in [-0.05, 0) is 96.9 Å². The second kappa shape index (κ2) is 16.3. The van der Waals surface area contributed by atoms with Crippen molar-refractivity contribution in [1.82, 2.24) is 50.2 Å². The molecule has 314 valence electrons. The highest BCUT2D eigenvalue weighted by molar-refractivity contribution is 5.90. The predicted molar refractivity (Wildman–Crippen MR) is 231 cm³/mol. The number of nitrogens with zero attached hydrogens (tertiary/aromatic N) is 6. The average Bonchev–Trinajstić information content (AvgIpc) is 4.07. The number of aromatic amines is 2. The van der Waals surface area contributed by atoms with E-state index in [-0.39, 0.29) is 47.8 Å². The van der Waals surface area contributed by atoms with E-state index in [1.54, 1.807) is 9.80 Å². The molecule has 4 fully saturated rings. The third kappa shape index (κ3) is 7.34. The van der Waals surface area contributed by atoms with Crippen LogP contribution in [0.3, 0.4) is 0 Å². The molecule has 0 unspecified atom stereocenters. The van der Waals surface area contributed by atoms with Crippen molar-refractivity contribution in [2.24, 2.45) is 11.8 Å². The molecule has 4 aliphatic heterocycles. The van der Waals surface area contributed by atoms with Crippen molar-refractivity contribution < 1.29 is 19.2 Å². The Morgan fingerprint density at radius 2 is 0.967 bits per heavy atom. The molecule has 14 nitrogen and oxygen atoms in total. The van der Waals surface area contributed by atoms with Crippen molar-refractivity contribution in [3.05, 3.63) is 72.3 Å². The van der Waals surface area contributed by atoms with Crippen LogP contribution in [0.25, 0.3) is 44.3 Å². The zero-order chi connectivity index (χ0) is 41.7. The van der Waals surface area contributed by atoms with E-state index in [9.17, 15) is 19.2 Å². The Bertz CT molecular complexity index is 2250. The third-order valence-corrected chi connectivity index (χ3v) is 12.9. The van der Waals surface area contributed by atoms with Gasteiger partial charge >= 0.3 is 12.1 Å². The fraction of sp³-hybridized carbons (Fsp3) is 0.478. The van der Waals surface area contributed by atoms with Crippen molar-refractivity contribution in [2.75, 3.05) is 39.3 Å². The first kappa shape index (κ1) is 39.5. The molecule has 0 bridgehead atoms. The number of nitrogens with one attached hydrogen (secondary N) is 4. The molecule has 14 heteroatoms. The maximum atomic E-state index is 14.1. The van der Waals surface area contributed by atoms with Gasteiger partial charge in [-0.1, -0.05) is 64.1 Å². The molecule has 4 aliphatic rings. The van der Waals surface area contributed by atoms with Gasteiger partial charge in [0.15, 0.2) is 0 Å². The summed E-state index contributed by atoms with van der Waals surface area (Å²) in [4.78, 5) is 78.0. The van der Waals surface area contributed by atoms with Crippen LogP contribution in [0.4, 0.5) is 9.59 Å². The molecule has 4 saturated heterocycles. The van der Waals surface area contributed by atoms with Crippen LogP contribution in [0.5, 0.6) is 0 Å². The number of likely N-dealkylation sites (tertiary alicyclic amines) is 2. The Balaban J connectivity index is 0.903. The monoisotopic (exact) mass is 812 g/mol. The van der Waals surface area contributed by atoms with Gasteiger partial charge in [0.05, 0.1) is 34.2 Å². The molecular weight excluding hydrogens is 757 g/mol. The lowest BCUT2D eigenvalue weighted by atomic mass is 9.99. The number of carbonyl (C=O) groups excluding carboxylic acids is 4. The number of aromatic nitrogens is 4. The first-order chi connectivity index (χ1) is 29.0. The van der Waals surface area contributed by atoms with Crippen LogP contribution in [-0.4, -0.2) is 115 Å². The van der Waals surface area contributed by atoms with Crippen molar-refractivity contribution in [2.45, 2.75) is 90.4 Å². The van der Waals surface area contributed by atoms with Gasteiger partial charge in [-0.3, -0.25) is 9.59 Å². The highest BCUT2D eigenvalue weighted by Crippen LogP contribution is 2.37. The van der Waals surface area contributed by atoms with Crippen LogP contribution in [0.2, 0.25) is 0 Å².